The standard InChI is InChI=1S/C38H73NO2/c1-5-8-10-12-13-17-23-33(22-16-11-9-6-2)38(41)37-30-35(37)25-19-20-26-36(40)31-39(27-7-3)28-21-15-14-18-24-34-29-32(34)4/h32-37,40H,5-31H2,1-4H3. The molecule has 0 spiro atoms. The molecule has 0 aromatic rings. The minimum Gasteiger partial charge on any atom is -0.392 e. The highest BCUT2D eigenvalue weighted by Crippen LogP contribution is 2.46. The van der Waals surface area contributed by atoms with E-state index in [2.05, 4.69) is 32.6 Å². The molecule has 0 radical (unpaired) electrons. The van der Waals surface area contributed by atoms with Crippen LogP contribution in [0.15, 0.2) is 0 Å². The van der Waals surface area contributed by atoms with Gasteiger partial charge in [0.1, 0.15) is 5.78 Å². The van der Waals surface area contributed by atoms with Gasteiger partial charge < -0.3 is 10.0 Å². The minimum atomic E-state index is -0.195. The highest BCUT2D eigenvalue weighted by atomic mass is 16.3. The van der Waals surface area contributed by atoms with Gasteiger partial charge in [0.05, 0.1) is 6.10 Å². The number of hydrogen-bond donors (Lipinski definition) is 1. The highest BCUT2D eigenvalue weighted by Gasteiger charge is 2.44. The van der Waals surface area contributed by atoms with E-state index in [1.165, 1.54) is 122 Å². The van der Waals surface area contributed by atoms with Gasteiger partial charge in [-0.05, 0) is 82.2 Å². The number of aliphatic hydroxyl groups is 1. The van der Waals surface area contributed by atoms with E-state index in [0.29, 0.717) is 23.5 Å². The number of carbonyl (C=O) groups excluding carboxylic acids is 1. The minimum absolute atomic E-state index is 0.195. The Bertz CT molecular complexity index is 636. The number of ketones is 1. The monoisotopic (exact) mass is 576 g/mol. The van der Waals surface area contributed by atoms with Gasteiger partial charge >= 0.3 is 0 Å². The van der Waals surface area contributed by atoms with Crippen LogP contribution < -0.4 is 0 Å². The van der Waals surface area contributed by atoms with Crippen LogP contribution in [-0.4, -0.2) is 41.5 Å². The van der Waals surface area contributed by atoms with Crippen molar-refractivity contribution in [2.24, 2.45) is 29.6 Å². The summed E-state index contributed by atoms with van der Waals surface area (Å²) >= 11 is 0. The van der Waals surface area contributed by atoms with Crippen molar-refractivity contribution in [1.82, 2.24) is 4.90 Å². The molecular formula is C38H73NO2. The number of aliphatic hydroxyl groups excluding tert-OH is 1. The number of rotatable bonds is 30. The summed E-state index contributed by atoms with van der Waals surface area (Å²) in [4.78, 5) is 15.9. The van der Waals surface area contributed by atoms with E-state index in [0.717, 1.165) is 63.6 Å². The highest BCUT2D eigenvalue weighted by molar-refractivity contribution is 5.86. The van der Waals surface area contributed by atoms with Gasteiger partial charge in [-0.25, -0.2) is 0 Å². The van der Waals surface area contributed by atoms with Crippen molar-refractivity contribution in [2.45, 2.75) is 188 Å². The van der Waals surface area contributed by atoms with Gasteiger partial charge in [-0.2, -0.15) is 0 Å². The zero-order chi connectivity index (χ0) is 29.7. The third-order valence-corrected chi connectivity index (χ3v) is 10.4. The molecule has 242 valence electrons. The van der Waals surface area contributed by atoms with Crippen LogP contribution in [0.4, 0.5) is 0 Å². The maximum Gasteiger partial charge on any atom is 0.139 e. The van der Waals surface area contributed by atoms with Crippen molar-refractivity contribution in [2.75, 3.05) is 19.6 Å². The van der Waals surface area contributed by atoms with Crippen LogP contribution in [0, 0.1) is 29.6 Å². The molecule has 1 N–H and O–H groups in total. The molecule has 2 aliphatic rings. The molecule has 6 unspecified atom stereocenters. The van der Waals surface area contributed by atoms with Crippen LogP contribution in [0.25, 0.3) is 0 Å². The quantitative estimate of drug-likeness (QED) is 0.0866. The first-order valence-electron chi connectivity index (χ1n) is 18.9. The number of unbranched alkanes of at least 4 members (excludes halogenated alkanes) is 12. The first-order valence-corrected chi connectivity index (χ1v) is 18.9. The van der Waals surface area contributed by atoms with Gasteiger partial charge in [0, 0.05) is 18.4 Å². The predicted octanol–water partition coefficient (Wildman–Crippen LogP) is 10.8. The zero-order valence-corrected chi connectivity index (χ0v) is 28.4. The van der Waals surface area contributed by atoms with Crippen molar-refractivity contribution >= 4 is 5.78 Å². The van der Waals surface area contributed by atoms with Gasteiger partial charge in [-0.15, -0.1) is 0 Å². The third-order valence-electron chi connectivity index (χ3n) is 10.4. The molecule has 0 aromatic heterocycles. The molecule has 2 saturated carbocycles. The molecule has 6 atom stereocenters. The smallest absolute Gasteiger partial charge is 0.139 e. The topological polar surface area (TPSA) is 40.5 Å². The normalized spacial score (nSPS) is 23.2. The lowest BCUT2D eigenvalue weighted by Gasteiger charge is -2.24. The molecule has 0 bridgehead atoms. The van der Waals surface area contributed by atoms with E-state index < -0.39 is 0 Å². The van der Waals surface area contributed by atoms with Gasteiger partial charge in [0.2, 0.25) is 0 Å². The Balaban J connectivity index is 1.57. The van der Waals surface area contributed by atoms with Crippen molar-refractivity contribution in [1.29, 1.82) is 0 Å². The Morgan fingerprint density at radius 3 is 1.85 bits per heavy atom. The molecule has 0 saturated heterocycles. The van der Waals surface area contributed by atoms with Crippen LogP contribution in [0.5, 0.6) is 0 Å². The Morgan fingerprint density at radius 1 is 0.659 bits per heavy atom. The molecule has 0 amide bonds. The van der Waals surface area contributed by atoms with E-state index in [4.69, 9.17) is 0 Å². The van der Waals surface area contributed by atoms with Crippen molar-refractivity contribution in [3.05, 3.63) is 0 Å². The Kier molecular flexibility index (Phi) is 20.7. The summed E-state index contributed by atoms with van der Waals surface area (Å²) in [7, 11) is 0. The van der Waals surface area contributed by atoms with Gasteiger partial charge in [0.15, 0.2) is 0 Å². The number of carbonyl (C=O) groups is 1. The summed E-state index contributed by atoms with van der Waals surface area (Å²) < 4.78 is 0. The molecule has 41 heavy (non-hydrogen) atoms. The molecule has 2 aliphatic carbocycles. The average molecular weight is 576 g/mol. The second-order valence-corrected chi connectivity index (χ2v) is 14.5. The summed E-state index contributed by atoms with van der Waals surface area (Å²) in [6, 6.07) is 0. The second-order valence-electron chi connectivity index (χ2n) is 14.5. The summed E-state index contributed by atoms with van der Waals surface area (Å²) in [6.45, 7) is 12.3. The number of hydrogen-bond acceptors (Lipinski definition) is 3. The van der Waals surface area contributed by atoms with Crippen LogP contribution in [-0.2, 0) is 4.79 Å². The fraction of sp³-hybridized carbons (Fsp3) is 0.974. The summed E-state index contributed by atoms with van der Waals surface area (Å²) in [5, 5.41) is 10.7. The molecule has 0 aromatic carbocycles. The average Bonchev–Trinajstić information content (AvgIpc) is 3.88. The summed E-state index contributed by atoms with van der Waals surface area (Å²) in [5.74, 6) is 4.01. The fourth-order valence-electron chi connectivity index (χ4n) is 7.32. The van der Waals surface area contributed by atoms with E-state index in [1.54, 1.807) is 0 Å². The van der Waals surface area contributed by atoms with E-state index in [1.807, 2.05) is 0 Å². The number of Topliss-reactive ketones (excluding diaryl/α,β-unsaturated/α-hetero) is 1. The third kappa shape index (κ3) is 17.5. The largest absolute Gasteiger partial charge is 0.392 e. The van der Waals surface area contributed by atoms with E-state index in [-0.39, 0.29) is 6.10 Å². The molecule has 3 nitrogen and oxygen atoms in total. The van der Waals surface area contributed by atoms with Crippen LogP contribution in [0.2, 0.25) is 0 Å². The van der Waals surface area contributed by atoms with Gasteiger partial charge in [-0.3, -0.25) is 4.79 Å². The molecule has 3 heteroatoms. The molecular weight excluding hydrogens is 502 g/mol. The first kappa shape index (κ1) is 36.8. The zero-order valence-electron chi connectivity index (χ0n) is 28.4. The fourth-order valence-corrected chi connectivity index (χ4v) is 7.32. The van der Waals surface area contributed by atoms with E-state index in [9.17, 15) is 9.90 Å². The van der Waals surface area contributed by atoms with Crippen LogP contribution in [0.3, 0.4) is 0 Å². The van der Waals surface area contributed by atoms with Gasteiger partial charge in [-0.1, -0.05) is 130 Å². The lowest BCUT2D eigenvalue weighted by molar-refractivity contribution is -0.125. The van der Waals surface area contributed by atoms with Gasteiger partial charge in [0.25, 0.3) is 0 Å². The predicted molar refractivity (Wildman–Crippen MR) is 178 cm³/mol. The SMILES string of the molecule is CCCCCCCCC(CCCCCC)C(=O)C1CC1CCCCC(O)CN(CCC)CCCCCCC1CC1C. The van der Waals surface area contributed by atoms with Crippen molar-refractivity contribution < 1.29 is 9.90 Å². The second kappa shape index (κ2) is 23.0. The number of nitrogens with zero attached hydrogens (tertiary/aromatic N) is 1. The lowest BCUT2D eigenvalue weighted by Crippen LogP contribution is -2.34. The molecule has 2 rings (SSSR count). The summed E-state index contributed by atoms with van der Waals surface area (Å²) in [6.07, 6.45) is 30.2. The maximum absolute atomic E-state index is 13.4. The Labute approximate surface area is 257 Å². The van der Waals surface area contributed by atoms with Crippen molar-refractivity contribution in [3.8, 4) is 0 Å². The molecule has 2 fully saturated rings. The van der Waals surface area contributed by atoms with E-state index >= 15 is 0 Å². The van der Waals surface area contributed by atoms with Crippen molar-refractivity contribution in [3.63, 3.8) is 0 Å². The Morgan fingerprint density at radius 2 is 1.20 bits per heavy atom. The Hall–Kier alpha value is -0.410. The van der Waals surface area contributed by atoms with Crippen LogP contribution >= 0.6 is 0 Å². The molecule has 0 heterocycles. The van der Waals surface area contributed by atoms with Crippen LogP contribution in [0.1, 0.15) is 182 Å². The maximum atomic E-state index is 13.4. The summed E-state index contributed by atoms with van der Waals surface area (Å²) in [5.41, 5.74) is 0. The first-order chi connectivity index (χ1) is 20.0. The lowest BCUT2D eigenvalue weighted by atomic mass is 9.88. The molecule has 0 aliphatic heterocycles.